The van der Waals surface area contributed by atoms with Crippen molar-refractivity contribution in [3.8, 4) is 11.8 Å². The summed E-state index contributed by atoms with van der Waals surface area (Å²) in [6.07, 6.45) is 0. The van der Waals surface area contributed by atoms with Gasteiger partial charge < -0.3 is 10.4 Å². The van der Waals surface area contributed by atoms with Crippen molar-refractivity contribution in [3.05, 3.63) is 59.2 Å². The summed E-state index contributed by atoms with van der Waals surface area (Å²) in [7, 11) is 0. The van der Waals surface area contributed by atoms with Crippen LogP contribution in [-0.4, -0.2) is 5.11 Å². The van der Waals surface area contributed by atoms with Crippen LogP contribution in [0.4, 0.5) is 14.5 Å². The van der Waals surface area contributed by atoms with Crippen molar-refractivity contribution in [3.63, 3.8) is 0 Å². The first-order chi connectivity index (χ1) is 9.08. The Kier molecular flexibility index (Phi) is 3.62. The maximum absolute atomic E-state index is 13.1. The third-order valence-electron chi connectivity index (χ3n) is 2.53. The molecule has 2 aromatic rings. The summed E-state index contributed by atoms with van der Waals surface area (Å²) in [5, 5.41) is 20.9. The second kappa shape index (κ2) is 5.36. The lowest BCUT2D eigenvalue weighted by atomic mass is 10.1. The summed E-state index contributed by atoms with van der Waals surface area (Å²) < 4.78 is 26.2. The van der Waals surface area contributed by atoms with Crippen molar-refractivity contribution in [2.75, 3.05) is 5.32 Å². The van der Waals surface area contributed by atoms with E-state index in [-0.39, 0.29) is 17.9 Å². The molecule has 3 nitrogen and oxygen atoms in total. The molecule has 0 aliphatic carbocycles. The summed E-state index contributed by atoms with van der Waals surface area (Å²) in [6, 6.07) is 9.48. The molecule has 0 radical (unpaired) electrons. The third kappa shape index (κ3) is 3.19. The van der Waals surface area contributed by atoms with E-state index in [0.717, 1.165) is 6.07 Å². The Labute approximate surface area is 108 Å². The number of phenols is 1. The van der Waals surface area contributed by atoms with Gasteiger partial charge in [-0.2, -0.15) is 5.26 Å². The first-order valence-corrected chi connectivity index (χ1v) is 5.50. The molecule has 0 atom stereocenters. The van der Waals surface area contributed by atoms with Crippen molar-refractivity contribution in [2.45, 2.75) is 6.54 Å². The quantitative estimate of drug-likeness (QED) is 0.891. The fourth-order valence-electron chi connectivity index (χ4n) is 1.66. The van der Waals surface area contributed by atoms with E-state index in [2.05, 4.69) is 5.32 Å². The van der Waals surface area contributed by atoms with Gasteiger partial charge in [0.25, 0.3) is 0 Å². The number of nitrogens with one attached hydrogen (secondary N) is 1. The fraction of sp³-hybridized carbons (Fsp3) is 0.0714. The lowest BCUT2D eigenvalue weighted by Gasteiger charge is -2.08. The molecule has 0 aliphatic heterocycles. The molecule has 2 rings (SSSR count). The van der Waals surface area contributed by atoms with Gasteiger partial charge in [-0.15, -0.1) is 0 Å². The van der Waals surface area contributed by atoms with Gasteiger partial charge in [-0.3, -0.25) is 0 Å². The minimum Gasteiger partial charge on any atom is -0.508 e. The Balaban J connectivity index is 2.12. The molecule has 2 N–H and O–H groups in total. The molecule has 0 saturated heterocycles. The molecule has 0 bridgehead atoms. The highest BCUT2D eigenvalue weighted by atomic mass is 19.1. The number of hydrogen-bond acceptors (Lipinski definition) is 3. The summed E-state index contributed by atoms with van der Waals surface area (Å²) in [5.41, 5.74) is 1.02. The summed E-state index contributed by atoms with van der Waals surface area (Å²) in [5.74, 6) is -1.28. The first-order valence-electron chi connectivity index (χ1n) is 5.50. The van der Waals surface area contributed by atoms with Crippen LogP contribution in [0.15, 0.2) is 36.4 Å². The highest BCUT2D eigenvalue weighted by Crippen LogP contribution is 2.18. The number of halogens is 2. The molecule has 96 valence electrons. The minimum absolute atomic E-state index is 0.0629. The van der Waals surface area contributed by atoms with Crippen LogP contribution in [0.25, 0.3) is 0 Å². The van der Waals surface area contributed by atoms with Gasteiger partial charge in [0.2, 0.25) is 0 Å². The predicted octanol–water partition coefficient (Wildman–Crippen LogP) is 3.15. The molecule has 0 amide bonds. The van der Waals surface area contributed by atoms with E-state index in [1.54, 1.807) is 6.07 Å². The second-order valence-electron chi connectivity index (χ2n) is 3.98. The van der Waals surface area contributed by atoms with Crippen LogP contribution in [0, 0.1) is 23.0 Å². The highest BCUT2D eigenvalue weighted by molar-refractivity contribution is 5.50. The van der Waals surface area contributed by atoms with Crippen LogP contribution < -0.4 is 5.32 Å². The van der Waals surface area contributed by atoms with Gasteiger partial charge in [0.1, 0.15) is 23.5 Å². The van der Waals surface area contributed by atoms with Crippen LogP contribution in [0.1, 0.15) is 11.1 Å². The largest absolute Gasteiger partial charge is 0.508 e. The van der Waals surface area contributed by atoms with Gasteiger partial charge in [-0.05, 0) is 35.9 Å². The van der Waals surface area contributed by atoms with Crippen LogP contribution in [0.2, 0.25) is 0 Å². The van der Waals surface area contributed by atoms with Crippen molar-refractivity contribution in [2.24, 2.45) is 0 Å². The average Bonchev–Trinajstić information content (AvgIpc) is 2.36. The Morgan fingerprint density at radius 3 is 2.63 bits per heavy atom. The lowest BCUT2D eigenvalue weighted by molar-refractivity contribution is 0.468. The summed E-state index contributed by atoms with van der Waals surface area (Å²) in [6.45, 7) is 0.252. The van der Waals surface area contributed by atoms with Gasteiger partial charge in [0.15, 0.2) is 0 Å². The van der Waals surface area contributed by atoms with Gasteiger partial charge in [-0.1, -0.05) is 0 Å². The number of aromatic hydroxyl groups is 1. The molecule has 0 aromatic heterocycles. The average molecular weight is 260 g/mol. The second-order valence-corrected chi connectivity index (χ2v) is 3.98. The minimum atomic E-state index is -0.587. The number of rotatable bonds is 3. The Morgan fingerprint density at radius 1 is 1.16 bits per heavy atom. The third-order valence-corrected chi connectivity index (χ3v) is 2.53. The lowest BCUT2D eigenvalue weighted by Crippen LogP contribution is -2.00. The molecule has 0 aliphatic rings. The SMILES string of the molecule is N#Cc1cc(NCc2cc(O)cc(F)c2)ccc1F. The van der Waals surface area contributed by atoms with Gasteiger partial charge in [0.05, 0.1) is 5.56 Å². The Hall–Kier alpha value is -2.61. The van der Waals surface area contributed by atoms with Crippen molar-refractivity contribution < 1.29 is 13.9 Å². The van der Waals surface area contributed by atoms with Gasteiger partial charge in [0, 0.05) is 18.3 Å². The molecule has 2 aromatic carbocycles. The predicted molar refractivity (Wildman–Crippen MR) is 66.5 cm³/mol. The zero-order valence-electron chi connectivity index (χ0n) is 9.82. The van der Waals surface area contributed by atoms with Gasteiger partial charge in [-0.25, -0.2) is 8.78 Å². The van der Waals surface area contributed by atoms with Crippen LogP contribution in [0.3, 0.4) is 0 Å². The van der Waals surface area contributed by atoms with Crippen molar-refractivity contribution >= 4 is 5.69 Å². The molecule has 5 heteroatoms. The zero-order valence-corrected chi connectivity index (χ0v) is 9.82. The number of nitriles is 1. The van der Waals surface area contributed by atoms with Crippen LogP contribution >= 0.6 is 0 Å². The number of phenolic OH excluding ortho intramolecular Hbond substituents is 1. The smallest absolute Gasteiger partial charge is 0.141 e. The molecular weight excluding hydrogens is 250 g/mol. The number of benzene rings is 2. The number of hydrogen-bond donors (Lipinski definition) is 2. The normalized spacial score (nSPS) is 9.95. The zero-order chi connectivity index (χ0) is 13.8. The highest BCUT2D eigenvalue weighted by Gasteiger charge is 2.03. The summed E-state index contributed by atoms with van der Waals surface area (Å²) in [4.78, 5) is 0. The standard InChI is InChI=1S/C14H10F2N2O/c15-11-3-9(4-13(19)6-11)8-18-12-1-2-14(16)10(5-12)7-17/h1-6,18-19H,8H2. The Morgan fingerprint density at radius 2 is 1.95 bits per heavy atom. The van der Waals surface area contributed by atoms with E-state index < -0.39 is 11.6 Å². The van der Waals surface area contributed by atoms with E-state index in [1.165, 1.54) is 30.3 Å². The molecule has 0 spiro atoms. The van der Waals surface area contributed by atoms with E-state index in [0.29, 0.717) is 11.3 Å². The molecule has 19 heavy (non-hydrogen) atoms. The maximum Gasteiger partial charge on any atom is 0.141 e. The van der Waals surface area contributed by atoms with Gasteiger partial charge >= 0.3 is 0 Å². The summed E-state index contributed by atoms with van der Waals surface area (Å²) >= 11 is 0. The topological polar surface area (TPSA) is 56.0 Å². The molecule has 0 heterocycles. The maximum atomic E-state index is 13.1. The van der Waals surface area contributed by atoms with Crippen LogP contribution in [0.5, 0.6) is 5.75 Å². The molecule has 0 fully saturated rings. The van der Waals surface area contributed by atoms with Crippen molar-refractivity contribution in [1.29, 1.82) is 5.26 Å². The number of nitrogens with zero attached hydrogens (tertiary/aromatic N) is 1. The monoisotopic (exact) mass is 260 g/mol. The molecule has 0 unspecified atom stereocenters. The number of anilines is 1. The van der Waals surface area contributed by atoms with Crippen molar-refractivity contribution in [1.82, 2.24) is 0 Å². The molecular formula is C14H10F2N2O. The fourth-order valence-corrected chi connectivity index (χ4v) is 1.66. The Bertz CT molecular complexity index is 630. The molecule has 0 saturated carbocycles. The van der Waals surface area contributed by atoms with E-state index >= 15 is 0 Å². The van der Waals surface area contributed by atoms with Crippen LogP contribution in [-0.2, 0) is 6.54 Å². The van der Waals surface area contributed by atoms with E-state index in [1.807, 2.05) is 0 Å². The first kappa shape index (κ1) is 12.8. The van der Waals surface area contributed by atoms with E-state index in [4.69, 9.17) is 5.26 Å². The van der Waals surface area contributed by atoms with E-state index in [9.17, 15) is 13.9 Å².